The van der Waals surface area contributed by atoms with Crippen LogP contribution < -0.4 is 10.6 Å². The standard InChI is InChI=1S/C23H24N2O3/c1-16(20-13-12-19-10-6-7-11-21(19)14-20)24-22(26)17(2)25-23(27)28-15-18-8-4-3-5-9-18/h3-14,16-17H,15H2,1-2H3,(H,24,26)(H,25,27)/t16?,17-/m0/s1. The molecule has 0 saturated heterocycles. The van der Waals surface area contributed by atoms with Crippen molar-refractivity contribution in [3.63, 3.8) is 0 Å². The van der Waals surface area contributed by atoms with Crippen molar-refractivity contribution in [2.75, 3.05) is 0 Å². The maximum absolute atomic E-state index is 12.4. The number of ether oxygens (including phenoxy) is 1. The summed E-state index contributed by atoms with van der Waals surface area (Å²) in [6, 6.07) is 22.7. The average Bonchev–Trinajstić information content (AvgIpc) is 2.72. The second-order valence-corrected chi connectivity index (χ2v) is 6.76. The van der Waals surface area contributed by atoms with Crippen LogP contribution in [0.4, 0.5) is 4.79 Å². The quantitative estimate of drug-likeness (QED) is 0.673. The molecular formula is C23H24N2O3. The van der Waals surface area contributed by atoms with Crippen LogP contribution in [0.25, 0.3) is 10.8 Å². The summed E-state index contributed by atoms with van der Waals surface area (Å²) in [6.07, 6.45) is -0.620. The fourth-order valence-corrected chi connectivity index (χ4v) is 2.91. The molecule has 144 valence electrons. The number of carbonyl (C=O) groups is 2. The first-order valence-electron chi connectivity index (χ1n) is 9.29. The summed E-state index contributed by atoms with van der Waals surface area (Å²) >= 11 is 0. The molecule has 0 aliphatic heterocycles. The molecule has 0 aromatic heterocycles. The summed E-state index contributed by atoms with van der Waals surface area (Å²) in [4.78, 5) is 24.3. The van der Waals surface area contributed by atoms with Crippen molar-refractivity contribution in [2.45, 2.75) is 32.5 Å². The van der Waals surface area contributed by atoms with Crippen molar-refractivity contribution in [1.82, 2.24) is 10.6 Å². The second kappa shape index (κ2) is 9.04. The van der Waals surface area contributed by atoms with Gasteiger partial charge in [0.2, 0.25) is 5.91 Å². The van der Waals surface area contributed by atoms with Crippen LogP contribution in [-0.4, -0.2) is 18.0 Å². The number of hydrogen-bond acceptors (Lipinski definition) is 3. The van der Waals surface area contributed by atoms with Gasteiger partial charge in [0, 0.05) is 0 Å². The minimum absolute atomic E-state index is 0.161. The second-order valence-electron chi connectivity index (χ2n) is 6.76. The Labute approximate surface area is 164 Å². The van der Waals surface area contributed by atoms with Crippen molar-refractivity contribution in [2.24, 2.45) is 0 Å². The van der Waals surface area contributed by atoms with E-state index in [1.54, 1.807) is 6.92 Å². The molecule has 0 heterocycles. The van der Waals surface area contributed by atoms with Gasteiger partial charge in [-0.1, -0.05) is 66.7 Å². The molecule has 0 fully saturated rings. The first-order chi connectivity index (χ1) is 13.5. The molecule has 3 aromatic carbocycles. The minimum Gasteiger partial charge on any atom is -0.445 e. The fraction of sp³-hybridized carbons (Fsp3) is 0.217. The normalized spacial score (nSPS) is 12.8. The molecule has 5 nitrogen and oxygen atoms in total. The van der Waals surface area contributed by atoms with Gasteiger partial charge in [0.15, 0.2) is 0 Å². The lowest BCUT2D eigenvalue weighted by Gasteiger charge is -2.19. The first-order valence-corrected chi connectivity index (χ1v) is 9.29. The van der Waals surface area contributed by atoms with Crippen LogP contribution in [-0.2, 0) is 16.1 Å². The number of benzene rings is 3. The zero-order valence-corrected chi connectivity index (χ0v) is 16.0. The van der Waals surface area contributed by atoms with Crippen molar-refractivity contribution in [3.8, 4) is 0 Å². The van der Waals surface area contributed by atoms with Crippen LogP contribution in [0.15, 0.2) is 72.8 Å². The monoisotopic (exact) mass is 376 g/mol. The molecule has 3 rings (SSSR count). The van der Waals surface area contributed by atoms with Crippen LogP contribution in [0, 0.1) is 0 Å². The van der Waals surface area contributed by atoms with Gasteiger partial charge >= 0.3 is 6.09 Å². The summed E-state index contributed by atoms with van der Waals surface area (Å²) in [5.74, 6) is -0.266. The van der Waals surface area contributed by atoms with E-state index in [9.17, 15) is 9.59 Å². The Morgan fingerprint density at radius 2 is 1.54 bits per heavy atom. The number of rotatable bonds is 6. The Morgan fingerprint density at radius 3 is 2.29 bits per heavy atom. The van der Waals surface area contributed by atoms with Crippen molar-refractivity contribution in [3.05, 3.63) is 83.9 Å². The largest absolute Gasteiger partial charge is 0.445 e. The smallest absolute Gasteiger partial charge is 0.408 e. The van der Waals surface area contributed by atoms with Crippen LogP contribution in [0.5, 0.6) is 0 Å². The molecule has 2 N–H and O–H groups in total. The van der Waals surface area contributed by atoms with E-state index in [4.69, 9.17) is 4.74 Å². The zero-order valence-electron chi connectivity index (χ0n) is 16.0. The SMILES string of the molecule is CC(NC(=O)[C@H](C)NC(=O)OCc1ccccc1)c1ccc2ccccc2c1. The Kier molecular flexibility index (Phi) is 6.27. The topological polar surface area (TPSA) is 67.4 Å². The van der Waals surface area contributed by atoms with Gasteiger partial charge in [-0.2, -0.15) is 0 Å². The molecule has 0 bridgehead atoms. The van der Waals surface area contributed by atoms with E-state index in [1.165, 1.54) is 0 Å². The molecule has 0 aliphatic carbocycles. The summed E-state index contributed by atoms with van der Waals surface area (Å²) in [5.41, 5.74) is 1.89. The fourth-order valence-electron chi connectivity index (χ4n) is 2.91. The van der Waals surface area contributed by atoms with E-state index in [-0.39, 0.29) is 18.6 Å². The predicted octanol–water partition coefficient (Wildman–Crippen LogP) is 4.33. The molecule has 0 spiro atoms. The molecule has 2 atom stereocenters. The molecule has 28 heavy (non-hydrogen) atoms. The summed E-state index contributed by atoms with van der Waals surface area (Å²) in [6.45, 7) is 3.71. The third-order valence-corrected chi connectivity index (χ3v) is 4.57. The average molecular weight is 376 g/mol. The third-order valence-electron chi connectivity index (χ3n) is 4.57. The highest BCUT2D eigenvalue weighted by Gasteiger charge is 2.19. The molecule has 0 radical (unpaired) electrons. The molecule has 0 aliphatic rings. The third kappa shape index (κ3) is 5.10. The molecule has 0 saturated carbocycles. The number of nitrogens with one attached hydrogen (secondary N) is 2. The summed E-state index contributed by atoms with van der Waals surface area (Å²) < 4.78 is 5.16. The Balaban J connectivity index is 1.51. The number of alkyl carbamates (subject to hydrolysis) is 1. The van der Waals surface area contributed by atoms with E-state index < -0.39 is 12.1 Å². The van der Waals surface area contributed by atoms with Gasteiger partial charge < -0.3 is 15.4 Å². The van der Waals surface area contributed by atoms with Gasteiger partial charge in [-0.3, -0.25) is 4.79 Å². The van der Waals surface area contributed by atoms with Crippen LogP contribution >= 0.6 is 0 Å². The number of hydrogen-bond donors (Lipinski definition) is 2. The lowest BCUT2D eigenvalue weighted by Crippen LogP contribution is -2.45. The maximum atomic E-state index is 12.4. The van der Waals surface area contributed by atoms with Gasteiger partial charge in [-0.25, -0.2) is 4.79 Å². The minimum atomic E-state index is -0.703. The van der Waals surface area contributed by atoms with E-state index in [1.807, 2.05) is 67.6 Å². The van der Waals surface area contributed by atoms with Crippen LogP contribution in [0.3, 0.4) is 0 Å². The number of fused-ring (bicyclic) bond motifs is 1. The van der Waals surface area contributed by atoms with Gasteiger partial charge in [-0.15, -0.1) is 0 Å². The summed E-state index contributed by atoms with van der Waals surface area (Å²) in [5, 5.41) is 7.77. The Morgan fingerprint density at radius 1 is 0.857 bits per heavy atom. The van der Waals surface area contributed by atoms with E-state index in [2.05, 4.69) is 22.8 Å². The maximum Gasteiger partial charge on any atom is 0.408 e. The van der Waals surface area contributed by atoms with Gasteiger partial charge in [0.1, 0.15) is 12.6 Å². The van der Waals surface area contributed by atoms with Crippen LogP contribution in [0.2, 0.25) is 0 Å². The number of amides is 2. The van der Waals surface area contributed by atoms with Crippen molar-refractivity contribution in [1.29, 1.82) is 0 Å². The van der Waals surface area contributed by atoms with Gasteiger partial charge in [0.05, 0.1) is 6.04 Å². The lowest BCUT2D eigenvalue weighted by molar-refractivity contribution is -0.123. The highest BCUT2D eigenvalue weighted by atomic mass is 16.5. The zero-order chi connectivity index (χ0) is 19.9. The Bertz CT molecular complexity index is 956. The van der Waals surface area contributed by atoms with Crippen molar-refractivity contribution < 1.29 is 14.3 Å². The highest BCUT2D eigenvalue weighted by molar-refractivity contribution is 5.86. The van der Waals surface area contributed by atoms with E-state index >= 15 is 0 Å². The van der Waals surface area contributed by atoms with Crippen molar-refractivity contribution >= 4 is 22.8 Å². The Hall–Kier alpha value is -3.34. The number of carbonyl (C=O) groups excluding carboxylic acids is 2. The molecular weight excluding hydrogens is 352 g/mol. The van der Waals surface area contributed by atoms with E-state index in [0.29, 0.717) is 0 Å². The van der Waals surface area contributed by atoms with Crippen LogP contribution in [0.1, 0.15) is 31.0 Å². The molecule has 3 aromatic rings. The molecule has 1 unspecified atom stereocenters. The van der Waals surface area contributed by atoms with Gasteiger partial charge in [-0.05, 0) is 41.8 Å². The lowest BCUT2D eigenvalue weighted by atomic mass is 10.0. The van der Waals surface area contributed by atoms with E-state index in [0.717, 1.165) is 21.9 Å². The summed E-state index contributed by atoms with van der Waals surface area (Å²) in [7, 11) is 0. The van der Waals surface area contributed by atoms with Gasteiger partial charge in [0.25, 0.3) is 0 Å². The predicted molar refractivity (Wildman–Crippen MR) is 110 cm³/mol. The molecule has 5 heteroatoms. The molecule has 2 amide bonds. The first kappa shape index (κ1) is 19.4. The highest BCUT2D eigenvalue weighted by Crippen LogP contribution is 2.20.